The molecule has 6 nitrogen and oxygen atoms in total. The molecule has 0 bridgehead atoms. The third kappa shape index (κ3) is 7.47. The number of aliphatic carboxylic acids is 1. The van der Waals surface area contributed by atoms with Crippen LogP contribution in [0.4, 0.5) is 0 Å². The summed E-state index contributed by atoms with van der Waals surface area (Å²) in [7, 11) is 2.09. The largest absolute Gasteiger partial charge is 0.481 e. The van der Waals surface area contributed by atoms with Gasteiger partial charge in [-0.15, -0.1) is 0 Å². The summed E-state index contributed by atoms with van der Waals surface area (Å²) < 4.78 is 0. The molecule has 0 radical (unpaired) electrons. The zero-order valence-corrected chi connectivity index (χ0v) is 18.3. The lowest BCUT2D eigenvalue weighted by atomic mass is 9.81. The number of hydrogen-bond donors (Lipinski definition) is 1. The van der Waals surface area contributed by atoms with E-state index in [2.05, 4.69) is 16.9 Å². The quantitative estimate of drug-likeness (QED) is 0.636. The van der Waals surface area contributed by atoms with Crippen molar-refractivity contribution in [2.24, 2.45) is 11.8 Å². The van der Waals surface area contributed by atoms with Gasteiger partial charge in [-0.3, -0.25) is 14.6 Å². The first-order chi connectivity index (χ1) is 15.0. The average Bonchev–Trinajstić information content (AvgIpc) is 2.78. The first kappa shape index (κ1) is 22.9. The number of nitrogens with zero attached hydrogens (tertiary/aromatic N) is 3. The number of carboxylic acids is 1. The molecular formula is C25H33N3O3. The van der Waals surface area contributed by atoms with Crippen molar-refractivity contribution in [2.45, 2.75) is 32.1 Å². The van der Waals surface area contributed by atoms with E-state index in [9.17, 15) is 14.7 Å². The second-order valence-corrected chi connectivity index (χ2v) is 8.57. The molecule has 0 unspecified atom stereocenters. The summed E-state index contributed by atoms with van der Waals surface area (Å²) in [6.45, 7) is 3.09. The molecule has 0 saturated carbocycles. The molecule has 1 saturated heterocycles. The Morgan fingerprint density at radius 1 is 1.10 bits per heavy atom. The lowest BCUT2D eigenvalue weighted by molar-refractivity contribution is -0.139. The number of amides is 1. The van der Waals surface area contributed by atoms with Crippen molar-refractivity contribution < 1.29 is 14.7 Å². The second kappa shape index (κ2) is 11.6. The predicted molar refractivity (Wildman–Crippen MR) is 121 cm³/mol. The van der Waals surface area contributed by atoms with Crippen LogP contribution in [0.25, 0.3) is 0 Å². The van der Waals surface area contributed by atoms with Crippen LogP contribution in [-0.4, -0.2) is 65.0 Å². The summed E-state index contributed by atoms with van der Waals surface area (Å²) in [6.07, 6.45) is 4.95. The normalized spacial score (nSPS) is 18.8. The number of pyridine rings is 1. The molecule has 1 fully saturated rings. The Morgan fingerprint density at radius 2 is 1.87 bits per heavy atom. The van der Waals surface area contributed by atoms with Gasteiger partial charge in [-0.05, 0) is 56.0 Å². The van der Waals surface area contributed by atoms with Crippen molar-refractivity contribution in [1.29, 1.82) is 0 Å². The van der Waals surface area contributed by atoms with Crippen molar-refractivity contribution in [1.82, 2.24) is 14.8 Å². The standard InChI is InChI=1S/C25H33N3O3/c1-27(15-12-23-9-5-6-13-26-23)14-10-22-19-28(16-11-21(22)18-25(30)31)24(29)17-20-7-3-2-4-8-20/h2-9,13,21-22H,10-12,14-19H2,1H3,(H,30,31)/t21-,22+/m0/s1. The maximum atomic E-state index is 12.8. The topological polar surface area (TPSA) is 73.7 Å². The van der Waals surface area contributed by atoms with Crippen LogP contribution >= 0.6 is 0 Å². The van der Waals surface area contributed by atoms with Gasteiger partial charge in [0.1, 0.15) is 0 Å². The number of rotatable bonds is 10. The van der Waals surface area contributed by atoms with Crippen LogP contribution in [0, 0.1) is 11.8 Å². The number of benzene rings is 1. The fourth-order valence-corrected chi connectivity index (χ4v) is 4.36. The minimum Gasteiger partial charge on any atom is -0.481 e. The Morgan fingerprint density at radius 3 is 2.58 bits per heavy atom. The minimum atomic E-state index is -0.748. The number of carboxylic acid groups (broad SMARTS) is 1. The highest BCUT2D eigenvalue weighted by molar-refractivity contribution is 5.79. The van der Waals surface area contributed by atoms with Gasteiger partial charge in [0.2, 0.25) is 5.91 Å². The highest BCUT2D eigenvalue weighted by atomic mass is 16.4. The maximum Gasteiger partial charge on any atom is 0.303 e. The first-order valence-electron chi connectivity index (χ1n) is 11.1. The van der Waals surface area contributed by atoms with E-state index < -0.39 is 5.97 Å². The fourth-order valence-electron chi connectivity index (χ4n) is 4.36. The van der Waals surface area contributed by atoms with Gasteiger partial charge in [0, 0.05) is 44.4 Å². The maximum absolute atomic E-state index is 12.8. The third-order valence-corrected chi connectivity index (χ3v) is 6.24. The van der Waals surface area contributed by atoms with Crippen LogP contribution in [-0.2, 0) is 22.4 Å². The summed E-state index contributed by atoms with van der Waals surface area (Å²) in [6, 6.07) is 15.8. The SMILES string of the molecule is CN(CCc1ccccn1)CC[C@@H]1CN(C(=O)Cc2ccccc2)CC[C@H]1CC(=O)O. The van der Waals surface area contributed by atoms with Gasteiger partial charge < -0.3 is 14.9 Å². The van der Waals surface area contributed by atoms with E-state index in [0.717, 1.165) is 43.6 Å². The third-order valence-electron chi connectivity index (χ3n) is 6.24. The van der Waals surface area contributed by atoms with Crippen LogP contribution in [0.15, 0.2) is 54.7 Å². The monoisotopic (exact) mass is 423 g/mol. The van der Waals surface area contributed by atoms with Crippen LogP contribution in [0.3, 0.4) is 0 Å². The molecule has 1 aliphatic heterocycles. The number of likely N-dealkylation sites (N-methyl/N-ethyl adjacent to an activating group) is 1. The van der Waals surface area contributed by atoms with Crippen molar-refractivity contribution in [3.8, 4) is 0 Å². The van der Waals surface area contributed by atoms with Gasteiger partial charge in [0.25, 0.3) is 0 Å². The highest BCUT2D eigenvalue weighted by Crippen LogP contribution is 2.30. The summed E-state index contributed by atoms with van der Waals surface area (Å²) in [5.74, 6) is -0.277. The predicted octanol–water partition coefficient (Wildman–Crippen LogP) is 3.13. The van der Waals surface area contributed by atoms with E-state index in [4.69, 9.17) is 0 Å². The Kier molecular flexibility index (Phi) is 8.59. The molecular weight excluding hydrogens is 390 g/mol. The number of piperidine rings is 1. The van der Waals surface area contributed by atoms with Gasteiger partial charge in [0.15, 0.2) is 0 Å². The van der Waals surface area contributed by atoms with Crippen molar-refractivity contribution in [2.75, 3.05) is 33.2 Å². The van der Waals surface area contributed by atoms with Gasteiger partial charge in [-0.1, -0.05) is 36.4 Å². The van der Waals surface area contributed by atoms with Crippen LogP contribution in [0.1, 0.15) is 30.5 Å². The number of carbonyl (C=O) groups is 2. The lowest BCUT2D eigenvalue weighted by Crippen LogP contribution is -2.45. The molecule has 1 N–H and O–H groups in total. The lowest BCUT2D eigenvalue weighted by Gasteiger charge is -2.39. The minimum absolute atomic E-state index is 0.127. The molecule has 1 aliphatic rings. The molecule has 31 heavy (non-hydrogen) atoms. The zero-order valence-electron chi connectivity index (χ0n) is 18.3. The molecule has 2 aromatic rings. The van der Waals surface area contributed by atoms with E-state index in [1.165, 1.54) is 0 Å². The Hall–Kier alpha value is -2.73. The average molecular weight is 424 g/mol. The molecule has 0 aliphatic carbocycles. The van der Waals surface area contributed by atoms with E-state index in [-0.39, 0.29) is 24.2 Å². The number of aromatic nitrogens is 1. The molecule has 6 heteroatoms. The number of likely N-dealkylation sites (tertiary alicyclic amines) is 1. The fraction of sp³-hybridized carbons (Fsp3) is 0.480. The summed E-state index contributed by atoms with van der Waals surface area (Å²) in [5.41, 5.74) is 2.10. The molecule has 1 amide bonds. The molecule has 2 heterocycles. The molecule has 1 aromatic carbocycles. The van der Waals surface area contributed by atoms with Crippen LogP contribution in [0.2, 0.25) is 0 Å². The van der Waals surface area contributed by atoms with E-state index in [1.54, 1.807) is 0 Å². The molecule has 3 rings (SSSR count). The van der Waals surface area contributed by atoms with Gasteiger partial charge in [0.05, 0.1) is 6.42 Å². The molecule has 0 spiro atoms. The number of carbonyl (C=O) groups excluding carboxylic acids is 1. The van der Waals surface area contributed by atoms with Gasteiger partial charge >= 0.3 is 5.97 Å². The van der Waals surface area contributed by atoms with Gasteiger partial charge in [-0.25, -0.2) is 0 Å². The first-order valence-corrected chi connectivity index (χ1v) is 11.1. The number of hydrogen-bond acceptors (Lipinski definition) is 4. The Balaban J connectivity index is 1.53. The summed E-state index contributed by atoms with van der Waals surface area (Å²) in [5, 5.41) is 9.34. The summed E-state index contributed by atoms with van der Waals surface area (Å²) in [4.78, 5) is 32.8. The van der Waals surface area contributed by atoms with E-state index in [0.29, 0.717) is 19.5 Å². The molecule has 166 valence electrons. The summed E-state index contributed by atoms with van der Waals surface area (Å²) >= 11 is 0. The zero-order chi connectivity index (χ0) is 22.1. The van der Waals surface area contributed by atoms with Gasteiger partial charge in [-0.2, -0.15) is 0 Å². The Labute approximate surface area is 184 Å². The smallest absolute Gasteiger partial charge is 0.303 e. The molecule has 2 atom stereocenters. The van der Waals surface area contributed by atoms with E-state index >= 15 is 0 Å². The highest BCUT2D eigenvalue weighted by Gasteiger charge is 2.32. The Bertz CT molecular complexity index is 828. The van der Waals surface area contributed by atoms with Crippen molar-refractivity contribution >= 4 is 11.9 Å². The van der Waals surface area contributed by atoms with E-state index in [1.807, 2.05) is 59.6 Å². The second-order valence-electron chi connectivity index (χ2n) is 8.57. The van der Waals surface area contributed by atoms with Crippen LogP contribution < -0.4 is 0 Å². The molecule has 1 aromatic heterocycles. The van der Waals surface area contributed by atoms with Crippen LogP contribution in [0.5, 0.6) is 0 Å². The van der Waals surface area contributed by atoms with Crippen molar-refractivity contribution in [3.63, 3.8) is 0 Å². The van der Waals surface area contributed by atoms with Crippen molar-refractivity contribution in [3.05, 3.63) is 66.0 Å².